The second-order valence-corrected chi connectivity index (χ2v) is 3.90. The van der Waals surface area contributed by atoms with E-state index in [0.717, 1.165) is 6.42 Å². The predicted octanol–water partition coefficient (Wildman–Crippen LogP) is 2.57. The van der Waals surface area contributed by atoms with E-state index in [9.17, 15) is 0 Å². The van der Waals surface area contributed by atoms with E-state index in [1.165, 1.54) is 0 Å². The lowest BCUT2D eigenvalue weighted by molar-refractivity contribution is 0.289. The number of hydrogen-bond donors (Lipinski definition) is 1. The number of nitrogen functional groups attached to an aromatic ring is 1. The van der Waals surface area contributed by atoms with Crippen molar-refractivity contribution in [3.05, 3.63) is 23.8 Å². The van der Waals surface area contributed by atoms with Crippen LogP contribution < -0.4 is 10.5 Å². The molecule has 0 saturated carbocycles. The molecule has 3 heteroatoms. The van der Waals surface area contributed by atoms with Crippen LogP contribution in [0.1, 0.15) is 25.8 Å². The van der Waals surface area contributed by atoms with Gasteiger partial charge in [-0.05, 0) is 30.5 Å². The summed E-state index contributed by atoms with van der Waals surface area (Å²) in [5, 5.41) is 8.87. The molecule has 3 nitrogen and oxygen atoms in total. The van der Waals surface area contributed by atoms with Crippen LogP contribution in [0.5, 0.6) is 5.75 Å². The average molecular weight is 204 g/mol. The Kier molecular flexibility index (Phi) is 3.99. The van der Waals surface area contributed by atoms with Crippen LogP contribution in [-0.2, 0) is 0 Å². The molecule has 0 aliphatic rings. The molecule has 1 rings (SSSR count). The zero-order valence-electron chi connectivity index (χ0n) is 9.16. The highest BCUT2D eigenvalue weighted by Gasteiger charge is 2.03. The molecule has 1 aromatic carbocycles. The van der Waals surface area contributed by atoms with Gasteiger partial charge >= 0.3 is 0 Å². The minimum Gasteiger partial charge on any atom is -0.492 e. The summed E-state index contributed by atoms with van der Waals surface area (Å²) in [5.74, 6) is 1.22. The van der Waals surface area contributed by atoms with Crippen LogP contribution in [0.15, 0.2) is 18.2 Å². The van der Waals surface area contributed by atoms with E-state index >= 15 is 0 Å². The molecule has 0 aromatic heterocycles. The average Bonchev–Trinajstić information content (AvgIpc) is 2.19. The smallest absolute Gasteiger partial charge is 0.137 e. The molecular weight excluding hydrogens is 188 g/mol. The number of nitrogens with zero attached hydrogens (tertiary/aromatic N) is 1. The Morgan fingerprint density at radius 1 is 1.47 bits per heavy atom. The fourth-order valence-corrected chi connectivity index (χ4v) is 1.17. The summed E-state index contributed by atoms with van der Waals surface area (Å²) in [6, 6.07) is 7.19. The van der Waals surface area contributed by atoms with Crippen LogP contribution in [0.2, 0.25) is 0 Å². The first-order valence-corrected chi connectivity index (χ1v) is 5.06. The Balaban J connectivity index is 2.65. The SMILES string of the molecule is CC(C)CCOc1ccc(N)cc1C#N. The number of nitrogens with two attached hydrogens (primary N) is 1. The van der Waals surface area contributed by atoms with E-state index in [1.807, 2.05) is 0 Å². The monoisotopic (exact) mass is 204 g/mol. The number of hydrogen-bond acceptors (Lipinski definition) is 3. The molecule has 0 aliphatic carbocycles. The summed E-state index contributed by atoms with van der Waals surface area (Å²) in [5.41, 5.74) is 6.66. The van der Waals surface area contributed by atoms with Gasteiger partial charge < -0.3 is 10.5 Å². The minimum atomic E-state index is 0.499. The normalized spacial score (nSPS) is 10.0. The van der Waals surface area contributed by atoms with Gasteiger partial charge in [0.05, 0.1) is 12.2 Å². The van der Waals surface area contributed by atoms with Crippen molar-refractivity contribution in [2.24, 2.45) is 5.92 Å². The highest BCUT2D eigenvalue weighted by molar-refractivity contribution is 5.53. The molecule has 0 aliphatic heterocycles. The van der Waals surface area contributed by atoms with Gasteiger partial charge in [0.15, 0.2) is 0 Å². The largest absolute Gasteiger partial charge is 0.492 e. The summed E-state index contributed by atoms with van der Waals surface area (Å²) < 4.78 is 5.52. The van der Waals surface area contributed by atoms with E-state index in [1.54, 1.807) is 18.2 Å². The van der Waals surface area contributed by atoms with Crippen LogP contribution in [0.25, 0.3) is 0 Å². The van der Waals surface area contributed by atoms with Gasteiger partial charge in [-0.1, -0.05) is 13.8 Å². The lowest BCUT2D eigenvalue weighted by Gasteiger charge is -2.09. The summed E-state index contributed by atoms with van der Waals surface area (Å²) in [6.07, 6.45) is 0.981. The fourth-order valence-electron chi connectivity index (χ4n) is 1.17. The summed E-state index contributed by atoms with van der Waals surface area (Å²) in [6.45, 7) is 4.91. The molecule has 0 amide bonds. The maximum absolute atomic E-state index is 8.87. The number of rotatable bonds is 4. The first-order valence-electron chi connectivity index (χ1n) is 5.06. The van der Waals surface area contributed by atoms with E-state index in [0.29, 0.717) is 29.5 Å². The van der Waals surface area contributed by atoms with Crippen molar-refractivity contribution in [2.45, 2.75) is 20.3 Å². The second-order valence-electron chi connectivity index (χ2n) is 3.90. The van der Waals surface area contributed by atoms with Crippen molar-refractivity contribution in [3.63, 3.8) is 0 Å². The Bertz CT molecular complexity index is 366. The second kappa shape index (κ2) is 5.26. The third kappa shape index (κ3) is 3.51. The molecule has 0 atom stereocenters. The van der Waals surface area contributed by atoms with E-state index in [4.69, 9.17) is 15.7 Å². The lowest BCUT2D eigenvalue weighted by Crippen LogP contribution is -2.02. The van der Waals surface area contributed by atoms with Crippen LogP contribution in [-0.4, -0.2) is 6.61 Å². The topological polar surface area (TPSA) is 59.0 Å². The lowest BCUT2D eigenvalue weighted by atomic mass is 10.1. The molecule has 0 heterocycles. The molecular formula is C12H16N2O. The van der Waals surface area contributed by atoms with Crippen molar-refractivity contribution in [1.29, 1.82) is 5.26 Å². The maximum Gasteiger partial charge on any atom is 0.137 e. The van der Waals surface area contributed by atoms with Gasteiger partial charge in [-0.3, -0.25) is 0 Å². The van der Waals surface area contributed by atoms with E-state index in [-0.39, 0.29) is 0 Å². The standard InChI is InChI=1S/C12H16N2O/c1-9(2)5-6-15-12-4-3-11(14)7-10(12)8-13/h3-4,7,9H,5-6,14H2,1-2H3. The molecule has 2 N–H and O–H groups in total. The summed E-state index contributed by atoms with van der Waals surface area (Å²) >= 11 is 0. The Labute approximate surface area is 90.5 Å². The molecule has 1 aromatic rings. The van der Waals surface area contributed by atoms with Crippen LogP contribution in [0.4, 0.5) is 5.69 Å². The zero-order chi connectivity index (χ0) is 11.3. The highest BCUT2D eigenvalue weighted by atomic mass is 16.5. The van der Waals surface area contributed by atoms with E-state index in [2.05, 4.69) is 19.9 Å². The first-order chi connectivity index (χ1) is 7.13. The Morgan fingerprint density at radius 3 is 2.80 bits per heavy atom. The minimum absolute atomic E-state index is 0.499. The van der Waals surface area contributed by atoms with Crippen molar-refractivity contribution < 1.29 is 4.74 Å². The van der Waals surface area contributed by atoms with Crippen molar-refractivity contribution >= 4 is 5.69 Å². The highest BCUT2D eigenvalue weighted by Crippen LogP contribution is 2.20. The molecule has 0 fully saturated rings. The van der Waals surface area contributed by atoms with Crippen LogP contribution in [0, 0.1) is 17.2 Å². The molecule has 0 unspecified atom stereocenters. The third-order valence-electron chi connectivity index (χ3n) is 2.08. The third-order valence-corrected chi connectivity index (χ3v) is 2.08. The fraction of sp³-hybridized carbons (Fsp3) is 0.417. The zero-order valence-corrected chi connectivity index (χ0v) is 9.16. The van der Waals surface area contributed by atoms with Gasteiger partial charge in [-0.25, -0.2) is 0 Å². The molecule has 0 bridgehead atoms. The molecule has 0 radical (unpaired) electrons. The van der Waals surface area contributed by atoms with Crippen molar-refractivity contribution in [3.8, 4) is 11.8 Å². The number of ether oxygens (including phenoxy) is 1. The maximum atomic E-state index is 8.87. The van der Waals surface area contributed by atoms with Gasteiger partial charge in [0.2, 0.25) is 0 Å². The first kappa shape index (κ1) is 11.4. The van der Waals surface area contributed by atoms with Gasteiger partial charge in [-0.2, -0.15) is 5.26 Å². The molecule has 0 saturated heterocycles. The molecule has 0 spiro atoms. The van der Waals surface area contributed by atoms with Crippen LogP contribution >= 0.6 is 0 Å². The van der Waals surface area contributed by atoms with Crippen molar-refractivity contribution in [1.82, 2.24) is 0 Å². The number of anilines is 1. The van der Waals surface area contributed by atoms with Gasteiger partial charge in [0, 0.05) is 5.69 Å². The van der Waals surface area contributed by atoms with E-state index < -0.39 is 0 Å². The number of benzene rings is 1. The van der Waals surface area contributed by atoms with Gasteiger partial charge in [0.1, 0.15) is 11.8 Å². The molecule has 15 heavy (non-hydrogen) atoms. The van der Waals surface area contributed by atoms with Crippen molar-refractivity contribution in [2.75, 3.05) is 12.3 Å². The summed E-state index contributed by atoms with van der Waals surface area (Å²) in [4.78, 5) is 0. The summed E-state index contributed by atoms with van der Waals surface area (Å²) in [7, 11) is 0. The van der Waals surface area contributed by atoms with Crippen LogP contribution in [0.3, 0.4) is 0 Å². The van der Waals surface area contributed by atoms with Gasteiger partial charge in [-0.15, -0.1) is 0 Å². The predicted molar refractivity (Wildman–Crippen MR) is 60.5 cm³/mol. The Morgan fingerprint density at radius 2 is 2.20 bits per heavy atom. The Hall–Kier alpha value is -1.69. The van der Waals surface area contributed by atoms with Gasteiger partial charge in [0.25, 0.3) is 0 Å². The number of nitriles is 1. The molecule has 80 valence electrons. The quantitative estimate of drug-likeness (QED) is 0.767.